The van der Waals surface area contributed by atoms with Gasteiger partial charge < -0.3 is 20.5 Å². The van der Waals surface area contributed by atoms with E-state index in [0.29, 0.717) is 5.69 Å². The van der Waals surface area contributed by atoms with Crippen molar-refractivity contribution in [1.82, 2.24) is 5.32 Å². The quantitative estimate of drug-likeness (QED) is 0.724. The monoisotopic (exact) mass is 294 g/mol. The predicted molar refractivity (Wildman–Crippen MR) is 84.7 cm³/mol. The first-order valence-electron chi connectivity index (χ1n) is 7.41. The summed E-state index contributed by atoms with van der Waals surface area (Å²) >= 11 is 0. The lowest BCUT2D eigenvalue weighted by Gasteiger charge is -2.19. The number of aliphatic hydroxyl groups excluding tert-OH is 1. The van der Waals surface area contributed by atoms with E-state index in [-0.39, 0.29) is 30.7 Å². The first-order valence-corrected chi connectivity index (χ1v) is 7.41. The molecule has 0 aromatic heterocycles. The standard InChI is InChI=1S/C16H26N2O3/c1-5-12(3)21-15-8-6-14(7-9-15)18-16(20)17-13(4)11(2)10-19/h6-9,11-13,19H,5,10H2,1-4H3,(H2,17,18,20)/t11-,12+,13-/m0/s1. The van der Waals surface area contributed by atoms with E-state index in [2.05, 4.69) is 17.6 Å². The molecule has 3 atom stereocenters. The van der Waals surface area contributed by atoms with Gasteiger partial charge in [0.1, 0.15) is 5.75 Å². The third kappa shape index (κ3) is 6.04. The summed E-state index contributed by atoms with van der Waals surface area (Å²) in [6.45, 7) is 7.88. The highest BCUT2D eigenvalue weighted by Crippen LogP contribution is 2.17. The van der Waals surface area contributed by atoms with Gasteiger partial charge in [0.25, 0.3) is 0 Å². The highest BCUT2D eigenvalue weighted by Gasteiger charge is 2.13. The predicted octanol–water partition coefficient (Wildman–Crippen LogP) is 3.00. The molecule has 1 rings (SSSR count). The third-order valence-corrected chi connectivity index (χ3v) is 3.52. The molecule has 1 aromatic rings. The summed E-state index contributed by atoms with van der Waals surface area (Å²) in [5, 5.41) is 14.6. The van der Waals surface area contributed by atoms with Crippen LogP contribution in [0.5, 0.6) is 5.75 Å². The molecule has 2 amide bonds. The molecule has 5 nitrogen and oxygen atoms in total. The van der Waals surface area contributed by atoms with Crippen molar-refractivity contribution in [3.63, 3.8) is 0 Å². The lowest BCUT2D eigenvalue weighted by molar-refractivity contribution is 0.204. The lowest BCUT2D eigenvalue weighted by Crippen LogP contribution is -2.40. The van der Waals surface area contributed by atoms with Crippen LogP contribution in [0.25, 0.3) is 0 Å². The molecule has 0 bridgehead atoms. The van der Waals surface area contributed by atoms with Crippen LogP contribution in [0.3, 0.4) is 0 Å². The average molecular weight is 294 g/mol. The van der Waals surface area contributed by atoms with Crippen molar-refractivity contribution in [3.05, 3.63) is 24.3 Å². The zero-order valence-electron chi connectivity index (χ0n) is 13.2. The van der Waals surface area contributed by atoms with Crippen molar-refractivity contribution < 1.29 is 14.6 Å². The molecule has 118 valence electrons. The maximum absolute atomic E-state index is 11.8. The Morgan fingerprint density at radius 1 is 1.24 bits per heavy atom. The summed E-state index contributed by atoms with van der Waals surface area (Å²) in [7, 11) is 0. The number of hydrogen-bond donors (Lipinski definition) is 3. The lowest BCUT2D eigenvalue weighted by atomic mass is 10.1. The highest BCUT2D eigenvalue weighted by atomic mass is 16.5. The highest BCUT2D eigenvalue weighted by molar-refractivity contribution is 5.89. The molecular formula is C16H26N2O3. The fraction of sp³-hybridized carbons (Fsp3) is 0.562. The fourth-order valence-electron chi connectivity index (χ4n) is 1.61. The maximum atomic E-state index is 11.8. The summed E-state index contributed by atoms with van der Waals surface area (Å²) in [4.78, 5) is 11.8. The van der Waals surface area contributed by atoms with Gasteiger partial charge >= 0.3 is 6.03 Å². The molecule has 0 aliphatic rings. The molecule has 0 unspecified atom stereocenters. The minimum absolute atomic E-state index is 0.0158. The molecule has 0 radical (unpaired) electrons. The minimum Gasteiger partial charge on any atom is -0.491 e. The van der Waals surface area contributed by atoms with Crippen LogP contribution in [-0.2, 0) is 0 Å². The number of rotatable bonds is 7. The van der Waals surface area contributed by atoms with E-state index in [1.165, 1.54) is 0 Å². The topological polar surface area (TPSA) is 70.6 Å². The number of benzene rings is 1. The number of ether oxygens (including phenoxy) is 1. The molecule has 0 aliphatic carbocycles. The second kappa shape index (κ2) is 8.52. The van der Waals surface area contributed by atoms with Gasteiger partial charge in [-0.15, -0.1) is 0 Å². The van der Waals surface area contributed by atoms with Crippen molar-refractivity contribution in [2.45, 2.75) is 46.3 Å². The minimum atomic E-state index is -0.279. The first-order chi connectivity index (χ1) is 9.96. The van der Waals surface area contributed by atoms with Gasteiger partial charge in [-0.1, -0.05) is 13.8 Å². The van der Waals surface area contributed by atoms with Gasteiger partial charge in [-0.05, 0) is 50.5 Å². The maximum Gasteiger partial charge on any atom is 0.319 e. The normalized spacial score (nSPS) is 14.9. The van der Waals surface area contributed by atoms with E-state index in [0.717, 1.165) is 12.2 Å². The number of carbonyl (C=O) groups is 1. The van der Waals surface area contributed by atoms with Crippen LogP contribution in [0.1, 0.15) is 34.1 Å². The van der Waals surface area contributed by atoms with Crippen LogP contribution < -0.4 is 15.4 Å². The number of amides is 2. The molecule has 1 aromatic carbocycles. The van der Waals surface area contributed by atoms with Crippen LogP contribution in [0.2, 0.25) is 0 Å². The van der Waals surface area contributed by atoms with Crippen molar-refractivity contribution in [2.24, 2.45) is 5.92 Å². The molecule has 0 spiro atoms. The number of carbonyl (C=O) groups excluding carboxylic acids is 1. The van der Waals surface area contributed by atoms with Crippen LogP contribution in [0.15, 0.2) is 24.3 Å². The van der Waals surface area contributed by atoms with Gasteiger partial charge in [0, 0.05) is 18.3 Å². The van der Waals surface area contributed by atoms with E-state index in [4.69, 9.17) is 9.84 Å². The van der Waals surface area contributed by atoms with Crippen LogP contribution in [0, 0.1) is 5.92 Å². The Morgan fingerprint density at radius 2 is 1.86 bits per heavy atom. The largest absolute Gasteiger partial charge is 0.491 e. The van der Waals surface area contributed by atoms with Gasteiger partial charge in [-0.2, -0.15) is 0 Å². The van der Waals surface area contributed by atoms with Crippen molar-refractivity contribution >= 4 is 11.7 Å². The van der Waals surface area contributed by atoms with Crippen molar-refractivity contribution in [3.8, 4) is 5.75 Å². The molecule has 0 heterocycles. The SMILES string of the molecule is CC[C@@H](C)Oc1ccc(NC(=O)N[C@@H](C)[C@@H](C)CO)cc1. The first kappa shape index (κ1) is 17.3. The van der Waals surface area contributed by atoms with E-state index in [1.807, 2.05) is 32.9 Å². The Hall–Kier alpha value is -1.75. The zero-order valence-corrected chi connectivity index (χ0v) is 13.2. The molecular weight excluding hydrogens is 268 g/mol. The Kier molecular flexibility index (Phi) is 7.02. The van der Waals surface area contributed by atoms with Crippen LogP contribution >= 0.6 is 0 Å². The van der Waals surface area contributed by atoms with Crippen LogP contribution in [-0.4, -0.2) is 29.9 Å². The Balaban J connectivity index is 2.50. The number of urea groups is 1. The Labute approximate surface area is 126 Å². The second-order valence-corrected chi connectivity index (χ2v) is 5.41. The number of nitrogens with one attached hydrogen (secondary N) is 2. The summed E-state index contributed by atoms with van der Waals surface area (Å²) in [6, 6.07) is 6.90. The summed E-state index contributed by atoms with van der Waals surface area (Å²) < 4.78 is 5.68. The van der Waals surface area contributed by atoms with Crippen molar-refractivity contribution in [2.75, 3.05) is 11.9 Å². The fourth-order valence-corrected chi connectivity index (χ4v) is 1.61. The number of hydrogen-bond acceptors (Lipinski definition) is 3. The van der Waals surface area contributed by atoms with Crippen LogP contribution in [0.4, 0.5) is 10.5 Å². The van der Waals surface area contributed by atoms with E-state index in [9.17, 15) is 4.79 Å². The molecule has 0 saturated carbocycles. The summed E-state index contributed by atoms with van der Waals surface area (Å²) in [6.07, 6.45) is 1.12. The average Bonchev–Trinajstić information content (AvgIpc) is 2.48. The zero-order chi connectivity index (χ0) is 15.8. The van der Waals surface area contributed by atoms with E-state index < -0.39 is 0 Å². The Morgan fingerprint density at radius 3 is 2.38 bits per heavy atom. The molecule has 0 saturated heterocycles. The molecule has 3 N–H and O–H groups in total. The molecule has 21 heavy (non-hydrogen) atoms. The summed E-state index contributed by atoms with van der Waals surface area (Å²) in [5.41, 5.74) is 0.702. The molecule has 0 aliphatic heterocycles. The number of anilines is 1. The smallest absolute Gasteiger partial charge is 0.319 e. The van der Waals surface area contributed by atoms with E-state index >= 15 is 0 Å². The van der Waals surface area contributed by atoms with Crippen molar-refractivity contribution in [1.29, 1.82) is 0 Å². The Bertz CT molecular complexity index is 434. The van der Waals surface area contributed by atoms with Gasteiger partial charge in [-0.25, -0.2) is 4.79 Å². The summed E-state index contributed by atoms with van der Waals surface area (Å²) in [5.74, 6) is 0.805. The van der Waals surface area contributed by atoms with Gasteiger partial charge in [0.2, 0.25) is 0 Å². The van der Waals surface area contributed by atoms with Gasteiger partial charge in [-0.3, -0.25) is 0 Å². The second-order valence-electron chi connectivity index (χ2n) is 5.41. The molecule has 0 fully saturated rings. The van der Waals surface area contributed by atoms with Gasteiger partial charge in [0.15, 0.2) is 0 Å². The molecule has 5 heteroatoms. The van der Waals surface area contributed by atoms with E-state index in [1.54, 1.807) is 12.1 Å². The third-order valence-electron chi connectivity index (χ3n) is 3.52. The van der Waals surface area contributed by atoms with Gasteiger partial charge in [0.05, 0.1) is 6.10 Å². The number of aliphatic hydroxyl groups is 1.